The summed E-state index contributed by atoms with van der Waals surface area (Å²) in [5.41, 5.74) is 1.65. The third-order valence-corrected chi connectivity index (χ3v) is 4.55. The van der Waals surface area contributed by atoms with E-state index in [1.165, 1.54) is 0 Å². The molecule has 3 aromatic heterocycles. The van der Waals surface area contributed by atoms with Crippen LogP contribution in [0.5, 0.6) is 0 Å². The maximum absolute atomic E-state index is 12.7. The van der Waals surface area contributed by atoms with E-state index in [1.807, 2.05) is 30.3 Å². The lowest BCUT2D eigenvalue weighted by atomic mass is 10.1. The molecular weight excluding hydrogens is 342 g/mol. The van der Waals surface area contributed by atoms with Crippen molar-refractivity contribution in [2.75, 3.05) is 24.5 Å². The number of aromatic nitrogens is 3. The Labute approximate surface area is 157 Å². The van der Waals surface area contributed by atoms with E-state index in [0.29, 0.717) is 35.9 Å². The minimum atomic E-state index is -0.213. The molecule has 0 atom stereocenters. The number of hydrogen-bond acceptors (Lipinski definition) is 6. The number of nitrogens with zero attached hydrogens (tertiary/aromatic N) is 4. The second-order valence-corrected chi connectivity index (χ2v) is 6.43. The third-order valence-electron chi connectivity index (χ3n) is 4.55. The third kappa shape index (κ3) is 3.97. The Balaban J connectivity index is 1.57. The highest BCUT2D eigenvalue weighted by atomic mass is 16.3. The van der Waals surface area contributed by atoms with E-state index < -0.39 is 0 Å². The molecule has 27 heavy (non-hydrogen) atoms. The number of rotatable bonds is 6. The van der Waals surface area contributed by atoms with Gasteiger partial charge in [-0.1, -0.05) is 6.07 Å². The SMILES string of the molecule is O=C(NCCc1ccco1)c1cnc(N2CCCC2)nc1-c1ccccn1. The number of anilines is 1. The molecule has 1 N–H and O–H groups in total. The highest BCUT2D eigenvalue weighted by molar-refractivity contribution is 5.99. The fraction of sp³-hybridized carbons (Fsp3) is 0.300. The van der Waals surface area contributed by atoms with Gasteiger partial charge >= 0.3 is 0 Å². The monoisotopic (exact) mass is 363 g/mol. The van der Waals surface area contributed by atoms with Crippen LogP contribution in [0.15, 0.2) is 53.4 Å². The molecule has 0 aliphatic carbocycles. The molecule has 1 saturated heterocycles. The molecule has 0 saturated carbocycles. The van der Waals surface area contributed by atoms with Crippen LogP contribution in [0.1, 0.15) is 29.0 Å². The molecule has 1 amide bonds. The molecule has 0 aromatic carbocycles. The zero-order chi connectivity index (χ0) is 18.5. The quantitative estimate of drug-likeness (QED) is 0.725. The van der Waals surface area contributed by atoms with Crippen molar-refractivity contribution >= 4 is 11.9 Å². The highest BCUT2D eigenvalue weighted by Gasteiger charge is 2.21. The van der Waals surface area contributed by atoms with Gasteiger partial charge in [-0.3, -0.25) is 9.78 Å². The minimum Gasteiger partial charge on any atom is -0.469 e. The second kappa shape index (κ2) is 7.99. The van der Waals surface area contributed by atoms with E-state index in [1.54, 1.807) is 18.7 Å². The fourth-order valence-electron chi connectivity index (χ4n) is 3.16. The van der Waals surface area contributed by atoms with Gasteiger partial charge in [0.15, 0.2) is 0 Å². The zero-order valence-electron chi connectivity index (χ0n) is 15.0. The van der Waals surface area contributed by atoms with Gasteiger partial charge in [0.05, 0.1) is 17.5 Å². The van der Waals surface area contributed by atoms with Crippen LogP contribution in [-0.4, -0.2) is 40.5 Å². The Hall–Kier alpha value is -3.22. The van der Waals surface area contributed by atoms with Crippen molar-refractivity contribution in [3.63, 3.8) is 0 Å². The molecule has 7 nitrogen and oxygen atoms in total. The van der Waals surface area contributed by atoms with Crippen molar-refractivity contribution in [1.82, 2.24) is 20.3 Å². The van der Waals surface area contributed by atoms with Crippen molar-refractivity contribution in [2.45, 2.75) is 19.3 Å². The van der Waals surface area contributed by atoms with E-state index in [2.05, 4.69) is 25.2 Å². The molecule has 4 rings (SSSR count). The summed E-state index contributed by atoms with van der Waals surface area (Å²) in [6.07, 6.45) is 7.83. The summed E-state index contributed by atoms with van der Waals surface area (Å²) in [7, 11) is 0. The first-order valence-electron chi connectivity index (χ1n) is 9.15. The summed E-state index contributed by atoms with van der Waals surface area (Å²) < 4.78 is 5.30. The predicted octanol–water partition coefficient (Wildman–Crippen LogP) is 2.70. The second-order valence-electron chi connectivity index (χ2n) is 6.43. The van der Waals surface area contributed by atoms with E-state index in [4.69, 9.17) is 4.42 Å². The van der Waals surface area contributed by atoms with E-state index in [9.17, 15) is 4.79 Å². The summed E-state index contributed by atoms with van der Waals surface area (Å²) in [6, 6.07) is 9.31. The van der Waals surface area contributed by atoms with E-state index in [0.717, 1.165) is 31.7 Å². The lowest BCUT2D eigenvalue weighted by Gasteiger charge is -2.17. The summed E-state index contributed by atoms with van der Waals surface area (Å²) in [5.74, 6) is 1.27. The number of amides is 1. The van der Waals surface area contributed by atoms with Gasteiger partial charge in [-0.05, 0) is 37.1 Å². The zero-order valence-corrected chi connectivity index (χ0v) is 15.0. The molecule has 3 aromatic rings. The van der Waals surface area contributed by atoms with Crippen molar-refractivity contribution in [1.29, 1.82) is 0 Å². The van der Waals surface area contributed by atoms with E-state index >= 15 is 0 Å². The Bertz CT molecular complexity index is 890. The summed E-state index contributed by atoms with van der Waals surface area (Å²) in [6.45, 7) is 2.36. The Kier molecular flexibility index (Phi) is 5.09. The predicted molar refractivity (Wildman–Crippen MR) is 101 cm³/mol. The van der Waals surface area contributed by atoms with Crippen LogP contribution in [0.3, 0.4) is 0 Å². The van der Waals surface area contributed by atoms with Crippen LogP contribution in [-0.2, 0) is 6.42 Å². The van der Waals surface area contributed by atoms with Crippen LogP contribution < -0.4 is 10.2 Å². The standard InChI is InChI=1S/C20H21N5O2/c26-19(22-10-8-15-6-5-13-27-15)16-14-23-20(25-11-3-4-12-25)24-18(16)17-7-1-2-9-21-17/h1-2,5-7,9,13-14H,3-4,8,10-12H2,(H,22,26). The van der Waals surface area contributed by atoms with Crippen LogP contribution in [0.25, 0.3) is 11.4 Å². The van der Waals surface area contributed by atoms with E-state index in [-0.39, 0.29) is 5.91 Å². The van der Waals surface area contributed by atoms with Crippen molar-refractivity contribution in [2.24, 2.45) is 0 Å². The number of carbonyl (C=O) groups is 1. The highest BCUT2D eigenvalue weighted by Crippen LogP contribution is 2.23. The number of furan rings is 1. The lowest BCUT2D eigenvalue weighted by Crippen LogP contribution is -2.27. The van der Waals surface area contributed by atoms with Crippen LogP contribution >= 0.6 is 0 Å². The lowest BCUT2D eigenvalue weighted by molar-refractivity contribution is 0.0953. The molecule has 0 spiro atoms. The Morgan fingerprint density at radius 3 is 2.78 bits per heavy atom. The van der Waals surface area contributed by atoms with Gasteiger partial charge in [-0.2, -0.15) is 0 Å². The smallest absolute Gasteiger partial charge is 0.255 e. The molecule has 0 radical (unpaired) electrons. The molecule has 1 aliphatic rings. The number of nitrogens with one attached hydrogen (secondary N) is 1. The van der Waals surface area contributed by atoms with Gasteiger partial charge in [0.25, 0.3) is 5.91 Å². The average molecular weight is 363 g/mol. The van der Waals surface area contributed by atoms with Gasteiger partial charge in [0.2, 0.25) is 5.95 Å². The first-order valence-corrected chi connectivity index (χ1v) is 9.15. The van der Waals surface area contributed by atoms with Crippen molar-refractivity contribution in [3.8, 4) is 11.4 Å². The molecule has 0 bridgehead atoms. The van der Waals surface area contributed by atoms with Gasteiger partial charge in [-0.15, -0.1) is 0 Å². The minimum absolute atomic E-state index is 0.213. The molecular formula is C20H21N5O2. The number of pyridine rings is 1. The van der Waals surface area contributed by atoms with Crippen LogP contribution in [0.2, 0.25) is 0 Å². The summed E-state index contributed by atoms with van der Waals surface area (Å²) in [4.78, 5) is 28.4. The molecule has 7 heteroatoms. The topological polar surface area (TPSA) is 84.2 Å². The maximum Gasteiger partial charge on any atom is 0.255 e. The largest absolute Gasteiger partial charge is 0.469 e. The molecule has 4 heterocycles. The van der Waals surface area contributed by atoms with Crippen molar-refractivity contribution < 1.29 is 9.21 Å². The first-order chi connectivity index (χ1) is 13.3. The molecule has 138 valence electrons. The van der Waals surface area contributed by atoms with Crippen molar-refractivity contribution in [3.05, 3.63) is 60.3 Å². The molecule has 1 aliphatic heterocycles. The van der Waals surface area contributed by atoms with Gasteiger partial charge in [-0.25, -0.2) is 9.97 Å². The maximum atomic E-state index is 12.7. The average Bonchev–Trinajstić information content (AvgIpc) is 3.42. The molecule has 0 unspecified atom stereocenters. The Morgan fingerprint density at radius 1 is 1.15 bits per heavy atom. The normalized spacial score (nSPS) is 13.7. The van der Waals surface area contributed by atoms with Gasteiger partial charge < -0.3 is 14.6 Å². The summed E-state index contributed by atoms with van der Waals surface area (Å²) >= 11 is 0. The first kappa shape index (κ1) is 17.2. The number of hydrogen-bond donors (Lipinski definition) is 1. The van der Waals surface area contributed by atoms with Crippen LogP contribution in [0.4, 0.5) is 5.95 Å². The van der Waals surface area contributed by atoms with Gasteiger partial charge in [0, 0.05) is 38.4 Å². The van der Waals surface area contributed by atoms with Gasteiger partial charge in [0.1, 0.15) is 11.5 Å². The number of carbonyl (C=O) groups excluding carboxylic acids is 1. The summed E-state index contributed by atoms with van der Waals surface area (Å²) in [5, 5.41) is 2.92. The Morgan fingerprint density at radius 2 is 2.04 bits per heavy atom. The van der Waals surface area contributed by atoms with Crippen LogP contribution in [0, 0.1) is 0 Å². The fourth-order valence-corrected chi connectivity index (χ4v) is 3.16. The molecule has 1 fully saturated rings.